The zero-order valence-electron chi connectivity index (χ0n) is 38.4. The summed E-state index contributed by atoms with van der Waals surface area (Å²) in [6, 6.07) is 15.0. The molecule has 19 heteroatoms. The first-order valence-corrected chi connectivity index (χ1v) is 22.8. The van der Waals surface area contributed by atoms with Crippen molar-refractivity contribution in [1.82, 2.24) is 0 Å². The second kappa shape index (κ2) is 44.9. The van der Waals surface area contributed by atoms with Crippen LogP contribution in [0.4, 0.5) is 0 Å². The largest absolute Gasteiger partial charge is 0.487 e. The molecule has 1 aliphatic rings. The summed E-state index contributed by atoms with van der Waals surface area (Å²) in [7, 11) is 0. The molecule has 19 nitrogen and oxygen atoms in total. The monoisotopic (exact) mass is 932 g/mol. The van der Waals surface area contributed by atoms with E-state index in [2.05, 4.69) is 0 Å². The van der Waals surface area contributed by atoms with Gasteiger partial charge in [-0.3, -0.25) is 0 Å². The molecular formula is C46H76O19. The third-order valence-electron chi connectivity index (χ3n) is 8.48. The van der Waals surface area contributed by atoms with Gasteiger partial charge < -0.3 is 90.0 Å². The average molecular weight is 933 g/mol. The van der Waals surface area contributed by atoms with Crippen LogP contribution in [0.1, 0.15) is 0 Å². The first-order chi connectivity index (χ1) is 32.4. The maximum atomic E-state index is 5.86. The van der Waals surface area contributed by atoms with Gasteiger partial charge >= 0.3 is 0 Å². The maximum absolute atomic E-state index is 5.86. The molecule has 0 fully saturated rings. The standard InChI is InChI=1S/C46H76O19/c1-3-7-45-43(5-1)62-39-35-58-31-27-54-23-19-50-15-11-47-9-10-48-12-16-51-20-24-55-28-32-59-36-40-63-44-6-2-4-8-46(44)65-42-38-61-34-30-57-26-22-53-18-14-49-13-17-52-21-25-56-29-33-60-37-41-64-45/h1-8H,9-42H2. The third kappa shape index (κ3) is 34.9. The van der Waals surface area contributed by atoms with Gasteiger partial charge in [0.15, 0.2) is 23.0 Å². The molecule has 374 valence electrons. The number of hydrogen-bond donors (Lipinski definition) is 0. The highest BCUT2D eigenvalue weighted by Gasteiger charge is 2.06. The summed E-state index contributed by atoms with van der Waals surface area (Å²) in [4.78, 5) is 0. The van der Waals surface area contributed by atoms with E-state index in [1.54, 1.807) is 0 Å². The summed E-state index contributed by atoms with van der Waals surface area (Å²) >= 11 is 0. The third-order valence-corrected chi connectivity index (χ3v) is 8.48. The molecule has 0 aliphatic carbocycles. The van der Waals surface area contributed by atoms with Crippen LogP contribution in [0.3, 0.4) is 0 Å². The SMILES string of the molecule is c1ccc2c(c1)OCCOCCOCCOCCOCCOCCOCCOCCOCCOc1ccccc1OCCOCCOCCOCCOCCOCCOCCOCCO2. The molecule has 0 unspecified atom stereocenters. The normalized spacial score (nSPS) is 21.2. The lowest BCUT2D eigenvalue weighted by Crippen LogP contribution is -2.15. The van der Waals surface area contributed by atoms with Gasteiger partial charge in [0.25, 0.3) is 0 Å². The van der Waals surface area contributed by atoms with Gasteiger partial charge in [0.1, 0.15) is 26.4 Å². The van der Waals surface area contributed by atoms with Crippen molar-refractivity contribution in [2.45, 2.75) is 0 Å². The highest BCUT2D eigenvalue weighted by atomic mass is 16.6. The predicted octanol–water partition coefficient (Wildman–Crippen LogP) is 3.16. The molecule has 2 aromatic carbocycles. The zero-order valence-corrected chi connectivity index (χ0v) is 38.4. The van der Waals surface area contributed by atoms with E-state index in [1.165, 1.54) is 0 Å². The summed E-state index contributed by atoms with van der Waals surface area (Å²) in [5.41, 5.74) is 0. The van der Waals surface area contributed by atoms with Crippen LogP contribution in [0.5, 0.6) is 23.0 Å². The topological polar surface area (TPSA) is 175 Å². The number of fused-ring (bicyclic) bond motifs is 2. The van der Waals surface area contributed by atoms with Crippen LogP contribution >= 0.6 is 0 Å². The predicted molar refractivity (Wildman–Crippen MR) is 237 cm³/mol. The number of benzene rings is 2. The molecule has 0 N–H and O–H groups in total. The van der Waals surface area contributed by atoms with E-state index in [0.29, 0.717) is 248 Å². The van der Waals surface area contributed by atoms with Crippen LogP contribution in [0.25, 0.3) is 0 Å². The molecule has 0 spiro atoms. The van der Waals surface area contributed by atoms with Crippen LogP contribution in [0, 0.1) is 0 Å². The minimum absolute atomic E-state index is 0.381. The Bertz CT molecular complexity index is 1200. The van der Waals surface area contributed by atoms with Crippen molar-refractivity contribution in [2.24, 2.45) is 0 Å². The van der Waals surface area contributed by atoms with Crippen LogP contribution < -0.4 is 18.9 Å². The molecule has 0 saturated heterocycles. The van der Waals surface area contributed by atoms with Gasteiger partial charge in [-0.1, -0.05) is 24.3 Å². The summed E-state index contributed by atoms with van der Waals surface area (Å²) in [6.45, 7) is 15.5. The van der Waals surface area contributed by atoms with E-state index in [4.69, 9.17) is 90.0 Å². The van der Waals surface area contributed by atoms with Gasteiger partial charge in [0.05, 0.1) is 198 Å². The molecule has 1 aliphatic heterocycles. The number of ether oxygens (including phenoxy) is 19. The fourth-order valence-corrected chi connectivity index (χ4v) is 5.28. The fraction of sp³-hybridized carbons (Fsp3) is 0.739. The van der Waals surface area contributed by atoms with E-state index in [9.17, 15) is 0 Å². The van der Waals surface area contributed by atoms with Crippen LogP contribution in [0.2, 0.25) is 0 Å². The van der Waals surface area contributed by atoms with Crippen LogP contribution in [0.15, 0.2) is 48.5 Å². The second-order valence-electron chi connectivity index (χ2n) is 13.5. The smallest absolute Gasteiger partial charge is 0.161 e. The Balaban J connectivity index is 1.21. The number of para-hydroxylation sites is 4. The lowest BCUT2D eigenvalue weighted by Gasteiger charge is -2.13. The fourth-order valence-electron chi connectivity index (χ4n) is 5.28. The van der Waals surface area contributed by atoms with Crippen molar-refractivity contribution in [3.63, 3.8) is 0 Å². The minimum Gasteiger partial charge on any atom is -0.487 e. The Morgan fingerprint density at radius 3 is 0.385 bits per heavy atom. The second-order valence-corrected chi connectivity index (χ2v) is 13.5. The first-order valence-electron chi connectivity index (χ1n) is 22.8. The van der Waals surface area contributed by atoms with Crippen molar-refractivity contribution in [2.75, 3.05) is 225 Å². The summed E-state index contributed by atoms with van der Waals surface area (Å²) in [5, 5.41) is 0. The summed E-state index contributed by atoms with van der Waals surface area (Å²) in [6.07, 6.45) is 0. The number of hydrogen-bond acceptors (Lipinski definition) is 19. The Kier molecular flexibility index (Phi) is 38.9. The molecule has 0 atom stereocenters. The molecule has 1 heterocycles. The summed E-state index contributed by atoms with van der Waals surface area (Å²) < 4.78 is 107. The van der Waals surface area contributed by atoms with Gasteiger partial charge in [0.2, 0.25) is 0 Å². The Labute approximate surface area is 385 Å². The van der Waals surface area contributed by atoms with Gasteiger partial charge in [-0.15, -0.1) is 0 Å². The molecular weight excluding hydrogens is 856 g/mol. The van der Waals surface area contributed by atoms with Crippen LogP contribution in [-0.2, 0) is 71.1 Å². The Hall–Kier alpha value is -2.96. The van der Waals surface area contributed by atoms with Crippen molar-refractivity contribution >= 4 is 0 Å². The van der Waals surface area contributed by atoms with Gasteiger partial charge in [-0.25, -0.2) is 0 Å². The van der Waals surface area contributed by atoms with Crippen molar-refractivity contribution < 1.29 is 90.0 Å². The Morgan fingerprint density at radius 1 is 0.154 bits per heavy atom. The molecule has 0 amide bonds. The quantitative estimate of drug-likeness (QED) is 0.376. The lowest BCUT2D eigenvalue weighted by molar-refractivity contribution is -0.0241. The molecule has 0 saturated carbocycles. The van der Waals surface area contributed by atoms with E-state index in [1.807, 2.05) is 48.5 Å². The minimum atomic E-state index is 0.381. The molecule has 65 heavy (non-hydrogen) atoms. The van der Waals surface area contributed by atoms with E-state index < -0.39 is 0 Å². The van der Waals surface area contributed by atoms with Crippen LogP contribution in [-0.4, -0.2) is 225 Å². The van der Waals surface area contributed by atoms with Crippen molar-refractivity contribution in [1.29, 1.82) is 0 Å². The highest BCUT2D eigenvalue weighted by Crippen LogP contribution is 2.27. The molecule has 3 rings (SSSR count). The van der Waals surface area contributed by atoms with Gasteiger partial charge in [0, 0.05) is 0 Å². The maximum Gasteiger partial charge on any atom is 0.161 e. The number of rotatable bonds is 0. The molecule has 0 aromatic heterocycles. The van der Waals surface area contributed by atoms with E-state index in [0.717, 1.165) is 0 Å². The van der Waals surface area contributed by atoms with Crippen molar-refractivity contribution in [3.8, 4) is 23.0 Å². The summed E-state index contributed by atoms with van der Waals surface area (Å²) in [5.74, 6) is 2.59. The first kappa shape index (κ1) is 56.4. The van der Waals surface area contributed by atoms with Gasteiger partial charge in [-0.2, -0.15) is 0 Å². The lowest BCUT2D eigenvalue weighted by atomic mass is 10.3. The Morgan fingerprint density at radius 2 is 0.262 bits per heavy atom. The average Bonchev–Trinajstić information content (AvgIpc) is 3.32. The molecule has 0 bridgehead atoms. The van der Waals surface area contributed by atoms with Gasteiger partial charge in [-0.05, 0) is 24.3 Å². The highest BCUT2D eigenvalue weighted by molar-refractivity contribution is 5.40. The van der Waals surface area contributed by atoms with E-state index >= 15 is 0 Å². The van der Waals surface area contributed by atoms with E-state index in [-0.39, 0.29) is 0 Å². The molecule has 0 radical (unpaired) electrons. The van der Waals surface area contributed by atoms with Crippen molar-refractivity contribution in [3.05, 3.63) is 48.5 Å². The molecule has 2 aromatic rings. The zero-order chi connectivity index (χ0) is 45.4.